The average molecular weight is 339 g/mol. The molecule has 96 valence electrons. The molecule has 7 heteroatoms. The molecule has 3 N–H and O–H groups in total. The Kier molecular flexibility index (Phi) is 4.25. The highest BCUT2D eigenvalue weighted by Crippen LogP contribution is 2.27. The summed E-state index contributed by atoms with van der Waals surface area (Å²) >= 11 is 4.47. The van der Waals surface area contributed by atoms with Crippen molar-refractivity contribution in [2.24, 2.45) is 5.73 Å². The highest BCUT2D eigenvalue weighted by molar-refractivity contribution is 9.11. The van der Waals surface area contributed by atoms with E-state index in [-0.39, 0.29) is 12.1 Å². The number of halogens is 1. The first kappa shape index (κ1) is 13.5. The van der Waals surface area contributed by atoms with Crippen molar-refractivity contribution in [1.29, 1.82) is 0 Å². The van der Waals surface area contributed by atoms with Gasteiger partial charge in [0.25, 0.3) is 0 Å². The molecular formula is C10H15BrN2O2S2. The maximum Gasteiger partial charge on any atom is 0.250 e. The molecule has 1 aliphatic rings. The molecule has 1 aliphatic carbocycles. The maximum absolute atomic E-state index is 12.1. The lowest BCUT2D eigenvalue weighted by Crippen LogP contribution is -2.49. The van der Waals surface area contributed by atoms with E-state index in [1.165, 1.54) is 11.3 Å². The minimum atomic E-state index is -3.41. The van der Waals surface area contributed by atoms with Crippen LogP contribution < -0.4 is 10.5 Å². The highest BCUT2D eigenvalue weighted by Gasteiger charge is 2.27. The summed E-state index contributed by atoms with van der Waals surface area (Å²) in [6.07, 6.45) is 3.84. The van der Waals surface area contributed by atoms with Gasteiger partial charge in [-0.15, -0.1) is 11.3 Å². The van der Waals surface area contributed by atoms with Gasteiger partial charge in [-0.3, -0.25) is 0 Å². The summed E-state index contributed by atoms with van der Waals surface area (Å²) < 4.78 is 28.0. The van der Waals surface area contributed by atoms with Crippen LogP contribution in [0.15, 0.2) is 20.1 Å². The molecule has 1 aromatic rings. The molecule has 0 aliphatic heterocycles. The molecule has 17 heavy (non-hydrogen) atoms. The van der Waals surface area contributed by atoms with Crippen molar-refractivity contribution in [2.75, 3.05) is 0 Å². The molecule has 1 saturated carbocycles. The van der Waals surface area contributed by atoms with Crippen molar-refractivity contribution < 1.29 is 8.42 Å². The first-order valence-electron chi connectivity index (χ1n) is 5.52. The van der Waals surface area contributed by atoms with Gasteiger partial charge in [0.15, 0.2) is 0 Å². The molecule has 0 unspecified atom stereocenters. The van der Waals surface area contributed by atoms with Crippen LogP contribution in [0.2, 0.25) is 0 Å². The second-order valence-electron chi connectivity index (χ2n) is 4.23. The summed E-state index contributed by atoms with van der Waals surface area (Å²) in [4.78, 5) is 0. The molecule has 1 aromatic heterocycles. The van der Waals surface area contributed by atoms with Crippen molar-refractivity contribution in [2.45, 2.75) is 42.0 Å². The summed E-state index contributed by atoms with van der Waals surface area (Å²) in [5.41, 5.74) is 5.94. The van der Waals surface area contributed by atoms with Gasteiger partial charge in [-0.2, -0.15) is 0 Å². The number of hydrogen-bond donors (Lipinski definition) is 2. The van der Waals surface area contributed by atoms with Crippen molar-refractivity contribution >= 4 is 37.3 Å². The molecule has 0 bridgehead atoms. The SMILES string of the molecule is N[C@@H]1CCCC[C@@H]1NS(=O)(=O)c1ccc(Br)s1. The summed E-state index contributed by atoms with van der Waals surface area (Å²) in [6.45, 7) is 0. The van der Waals surface area contributed by atoms with E-state index in [1.54, 1.807) is 12.1 Å². The van der Waals surface area contributed by atoms with E-state index < -0.39 is 10.0 Å². The largest absolute Gasteiger partial charge is 0.326 e. The van der Waals surface area contributed by atoms with Crippen LogP contribution in [0, 0.1) is 0 Å². The Morgan fingerprint density at radius 2 is 2.06 bits per heavy atom. The van der Waals surface area contributed by atoms with Crippen LogP contribution in [0.3, 0.4) is 0 Å². The van der Waals surface area contributed by atoms with Gasteiger partial charge in [-0.25, -0.2) is 13.1 Å². The zero-order valence-corrected chi connectivity index (χ0v) is 12.4. The van der Waals surface area contributed by atoms with Crippen LogP contribution in [0.1, 0.15) is 25.7 Å². The van der Waals surface area contributed by atoms with Crippen LogP contribution >= 0.6 is 27.3 Å². The Balaban J connectivity index is 2.11. The molecular weight excluding hydrogens is 324 g/mol. The fourth-order valence-electron chi connectivity index (χ4n) is 2.01. The topological polar surface area (TPSA) is 72.2 Å². The van der Waals surface area contributed by atoms with Gasteiger partial charge in [0.2, 0.25) is 10.0 Å². The predicted octanol–water partition coefficient (Wildman–Crippen LogP) is 2.06. The van der Waals surface area contributed by atoms with Gasteiger partial charge in [0, 0.05) is 12.1 Å². The van der Waals surface area contributed by atoms with Gasteiger partial charge in [0.1, 0.15) is 4.21 Å². The highest BCUT2D eigenvalue weighted by atomic mass is 79.9. The van der Waals surface area contributed by atoms with Crippen LogP contribution in [-0.2, 0) is 10.0 Å². The van der Waals surface area contributed by atoms with Crippen LogP contribution in [0.25, 0.3) is 0 Å². The molecule has 1 fully saturated rings. The second-order valence-corrected chi connectivity index (χ2v) is 8.64. The Hall–Kier alpha value is 0.0500. The molecule has 0 saturated heterocycles. The zero-order valence-electron chi connectivity index (χ0n) is 9.23. The Morgan fingerprint density at radius 3 is 2.65 bits per heavy atom. The van der Waals surface area contributed by atoms with E-state index in [1.807, 2.05) is 0 Å². The summed E-state index contributed by atoms with van der Waals surface area (Å²) in [5, 5.41) is 0. The smallest absolute Gasteiger partial charge is 0.250 e. The van der Waals surface area contributed by atoms with Gasteiger partial charge < -0.3 is 5.73 Å². The van der Waals surface area contributed by atoms with Crippen molar-refractivity contribution in [3.63, 3.8) is 0 Å². The number of hydrogen-bond acceptors (Lipinski definition) is 4. The molecule has 1 heterocycles. The maximum atomic E-state index is 12.1. The van der Waals surface area contributed by atoms with Crippen LogP contribution in [0.5, 0.6) is 0 Å². The lowest BCUT2D eigenvalue weighted by atomic mass is 9.92. The molecule has 0 radical (unpaired) electrons. The molecule has 2 atom stereocenters. The molecule has 0 amide bonds. The lowest BCUT2D eigenvalue weighted by molar-refractivity contribution is 0.361. The first-order chi connectivity index (χ1) is 7.99. The van der Waals surface area contributed by atoms with Gasteiger partial charge in [-0.1, -0.05) is 12.8 Å². The molecule has 2 rings (SSSR count). The number of nitrogens with one attached hydrogen (secondary N) is 1. The number of rotatable bonds is 3. The minimum Gasteiger partial charge on any atom is -0.326 e. The molecule has 0 aromatic carbocycles. The standard InChI is InChI=1S/C10H15BrN2O2S2/c11-9-5-6-10(16-9)17(14,15)13-8-4-2-1-3-7(8)12/h5-8,13H,1-4,12H2/t7-,8+/m1/s1. The van der Waals surface area contributed by atoms with Gasteiger partial charge in [0.05, 0.1) is 3.79 Å². The summed E-state index contributed by atoms with van der Waals surface area (Å²) in [6, 6.07) is 3.14. The molecule has 4 nitrogen and oxygen atoms in total. The third-order valence-electron chi connectivity index (χ3n) is 2.94. The zero-order chi connectivity index (χ0) is 12.5. The normalized spacial score (nSPS) is 26.0. The lowest BCUT2D eigenvalue weighted by Gasteiger charge is -2.28. The summed E-state index contributed by atoms with van der Waals surface area (Å²) in [5.74, 6) is 0. The third kappa shape index (κ3) is 3.29. The monoisotopic (exact) mass is 338 g/mol. The van der Waals surface area contributed by atoms with Crippen molar-refractivity contribution in [3.05, 3.63) is 15.9 Å². The van der Waals surface area contributed by atoms with Gasteiger partial charge in [-0.05, 0) is 40.9 Å². The fraction of sp³-hybridized carbons (Fsp3) is 0.600. The van der Waals surface area contributed by atoms with E-state index in [0.717, 1.165) is 29.5 Å². The van der Waals surface area contributed by atoms with E-state index >= 15 is 0 Å². The molecule has 0 spiro atoms. The first-order valence-corrected chi connectivity index (χ1v) is 8.61. The predicted molar refractivity (Wildman–Crippen MR) is 72.6 cm³/mol. The minimum absolute atomic E-state index is 0.0677. The Morgan fingerprint density at radius 1 is 1.35 bits per heavy atom. The average Bonchev–Trinajstić information content (AvgIpc) is 2.69. The van der Waals surface area contributed by atoms with Crippen molar-refractivity contribution in [3.8, 4) is 0 Å². The van der Waals surface area contributed by atoms with Crippen molar-refractivity contribution in [1.82, 2.24) is 4.72 Å². The number of nitrogens with two attached hydrogens (primary N) is 1. The van der Waals surface area contributed by atoms with Crippen LogP contribution in [0.4, 0.5) is 0 Å². The third-order valence-corrected chi connectivity index (χ3v) is 6.54. The second kappa shape index (κ2) is 5.36. The van der Waals surface area contributed by atoms with E-state index in [4.69, 9.17) is 5.73 Å². The summed E-state index contributed by atoms with van der Waals surface area (Å²) in [7, 11) is -3.41. The van der Waals surface area contributed by atoms with Gasteiger partial charge >= 0.3 is 0 Å². The van der Waals surface area contributed by atoms with E-state index in [2.05, 4.69) is 20.7 Å². The van der Waals surface area contributed by atoms with Crippen LogP contribution in [-0.4, -0.2) is 20.5 Å². The number of sulfonamides is 1. The fourth-order valence-corrected chi connectivity index (χ4v) is 5.35. The van der Waals surface area contributed by atoms with E-state index in [9.17, 15) is 8.42 Å². The quantitative estimate of drug-likeness (QED) is 0.885. The van der Waals surface area contributed by atoms with E-state index in [0.29, 0.717) is 4.21 Å². The Labute approximate surface area is 114 Å². The number of thiophene rings is 1. The Bertz CT molecular complexity index is 486.